The van der Waals surface area contributed by atoms with Gasteiger partial charge in [-0.2, -0.15) is 0 Å². The highest BCUT2D eigenvalue weighted by Gasteiger charge is 2.02. The van der Waals surface area contributed by atoms with Crippen LogP contribution in [-0.2, 0) is 0 Å². The van der Waals surface area contributed by atoms with Crippen molar-refractivity contribution in [3.8, 4) is 0 Å². The highest BCUT2D eigenvalue weighted by Crippen LogP contribution is 2.15. The molecule has 0 amide bonds. The lowest BCUT2D eigenvalue weighted by molar-refractivity contribution is 0.637. The first-order chi connectivity index (χ1) is 6.24. The number of aromatic nitrogens is 2. The summed E-state index contributed by atoms with van der Waals surface area (Å²) >= 11 is 5.84. The van der Waals surface area contributed by atoms with E-state index < -0.39 is 0 Å². The molecule has 1 unspecified atom stereocenters. The van der Waals surface area contributed by atoms with E-state index in [2.05, 4.69) is 27.5 Å². The Morgan fingerprint density at radius 1 is 1.62 bits per heavy atom. The minimum Gasteiger partial charge on any atom is -0.367 e. The maximum atomic E-state index is 5.84. The summed E-state index contributed by atoms with van der Waals surface area (Å²) in [6, 6.07) is 0.381. The number of nitrogens with one attached hydrogen (secondary N) is 2. The van der Waals surface area contributed by atoms with Gasteiger partial charge in [0.1, 0.15) is 17.2 Å². The lowest BCUT2D eigenvalue weighted by Gasteiger charge is -2.11. The summed E-state index contributed by atoms with van der Waals surface area (Å²) in [6.07, 6.45) is 3.04. The standard InChI is InChI=1S/C8H13ClN4/c1-6(10-2)3-12-8-7(9)4-11-5-13-8/h4-6,10H,3H2,1-2H3,(H,11,12,13). The van der Waals surface area contributed by atoms with E-state index in [-0.39, 0.29) is 0 Å². The molecule has 0 saturated carbocycles. The minimum absolute atomic E-state index is 0.381. The molecule has 13 heavy (non-hydrogen) atoms. The molecular formula is C8H13ClN4. The van der Waals surface area contributed by atoms with Gasteiger partial charge in [0, 0.05) is 12.6 Å². The molecule has 5 heteroatoms. The van der Waals surface area contributed by atoms with Crippen molar-refractivity contribution in [2.24, 2.45) is 0 Å². The van der Waals surface area contributed by atoms with Gasteiger partial charge >= 0.3 is 0 Å². The normalized spacial score (nSPS) is 12.5. The van der Waals surface area contributed by atoms with Crippen LogP contribution in [0.4, 0.5) is 5.82 Å². The molecule has 72 valence electrons. The number of halogens is 1. The van der Waals surface area contributed by atoms with Crippen LogP contribution >= 0.6 is 11.6 Å². The van der Waals surface area contributed by atoms with Crippen molar-refractivity contribution in [1.29, 1.82) is 0 Å². The van der Waals surface area contributed by atoms with Crippen LogP contribution in [0.1, 0.15) is 6.92 Å². The van der Waals surface area contributed by atoms with Gasteiger partial charge in [0.15, 0.2) is 0 Å². The molecule has 4 nitrogen and oxygen atoms in total. The van der Waals surface area contributed by atoms with Crippen molar-refractivity contribution in [2.75, 3.05) is 18.9 Å². The second-order valence-electron chi connectivity index (χ2n) is 2.79. The van der Waals surface area contributed by atoms with E-state index in [9.17, 15) is 0 Å². The lowest BCUT2D eigenvalue weighted by atomic mass is 10.3. The van der Waals surface area contributed by atoms with E-state index >= 15 is 0 Å². The molecule has 0 fully saturated rings. The first kappa shape index (κ1) is 10.2. The second kappa shape index (κ2) is 4.99. The van der Waals surface area contributed by atoms with Crippen molar-refractivity contribution in [2.45, 2.75) is 13.0 Å². The summed E-state index contributed by atoms with van der Waals surface area (Å²) in [5, 5.41) is 6.77. The average molecular weight is 201 g/mol. The van der Waals surface area contributed by atoms with Crippen LogP contribution in [0.5, 0.6) is 0 Å². The molecule has 2 N–H and O–H groups in total. The molecule has 0 aliphatic rings. The third-order valence-electron chi connectivity index (χ3n) is 1.74. The summed E-state index contributed by atoms with van der Waals surface area (Å²) < 4.78 is 0. The van der Waals surface area contributed by atoms with Crippen LogP contribution < -0.4 is 10.6 Å². The summed E-state index contributed by atoms with van der Waals surface area (Å²) in [6.45, 7) is 2.86. The maximum Gasteiger partial charge on any atom is 0.148 e. The molecule has 1 aromatic heterocycles. The largest absolute Gasteiger partial charge is 0.367 e. The summed E-state index contributed by atoms with van der Waals surface area (Å²) in [5.74, 6) is 0.679. The Morgan fingerprint density at radius 3 is 3.00 bits per heavy atom. The van der Waals surface area contributed by atoms with Gasteiger partial charge in [-0.3, -0.25) is 0 Å². The molecule has 1 heterocycles. The average Bonchev–Trinajstić information content (AvgIpc) is 2.16. The highest BCUT2D eigenvalue weighted by atomic mass is 35.5. The molecule has 0 aliphatic heterocycles. The zero-order chi connectivity index (χ0) is 9.68. The molecule has 0 aliphatic carbocycles. The van der Waals surface area contributed by atoms with E-state index in [0.29, 0.717) is 16.9 Å². The van der Waals surface area contributed by atoms with E-state index in [1.54, 1.807) is 6.20 Å². The Balaban J connectivity index is 2.50. The Kier molecular flexibility index (Phi) is 3.92. The quantitative estimate of drug-likeness (QED) is 0.766. The van der Waals surface area contributed by atoms with Crippen molar-refractivity contribution in [3.05, 3.63) is 17.5 Å². The highest BCUT2D eigenvalue weighted by molar-refractivity contribution is 6.32. The van der Waals surface area contributed by atoms with Crippen molar-refractivity contribution in [1.82, 2.24) is 15.3 Å². The first-order valence-electron chi connectivity index (χ1n) is 4.10. The Bertz CT molecular complexity index is 266. The van der Waals surface area contributed by atoms with Gasteiger partial charge in [-0.1, -0.05) is 11.6 Å². The first-order valence-corrected chi connectivity index (χ1v) is 4.48. The molecule has 0 aromatic carbocycles. The van der Waals surface area contributed by atoms with Crippen molar-refractivity contribution >= 4 is 17.4 Å². The predicted octanol–water partition coefficient (Wildman–Crippen LogP) is 1.15. The molecule has 1 rings (SSSR count). The SMILES string of the molecule is CNC(C)CNc1ncncc1Cl. The number of nitrogens with zero attached hydrogens (tertiary/aromatic N) is 2. The number of rotatable bonds is 4. The van der Waals surface area contributed by atoms with Crippen LogP contribution in [0.15, 0.2) is 12.5 Å². The molecule has 0 radical (unpaired) electrons. The van der Waals surface area contributed by atoms with Crippen molar-refractivity contribution < 1.29 is 0 Å². The molecular weight excluding hydrogens is 188 g/mol. The summed E-state index contributed by atoms with van der Waals surface area (Å²) in [5.41, 5.74) is 0. The van der Waals surface area contributed by atoms with E-state index in [1.165, 1.54) is 6.33 Å². The maximum absolute atomic E-state index is 5.84. The zero-order valence-electron chi connectivity index (χ0n) is 7.71. The lowest BCUT2D eigenvalue weighted by Crippen LogP contribution is -2.29. The fourth-order valence-corrected chi connectivity index (χ4v) is 0.967. The van der Waals surface area contributed by atoms with Gasteiger partial charge in [0.05, 0.1) is 6.20 Å². The van der Waals surface area contributed by atoms with Crippen molar-refractivity contribution in [3.63, 3.8) is 0 Å². The van der Waals surface area contributed by atoms with Gasteiger partial charge < -0.3 is 10.6 Å². The van der Waals surface area contributed by atoms with Gasteiger partial charge in [0.2, 0.25) is 0 Å². The van der Waals surface area contributed by atoms with Crippen LogP contribution in [0, 0.1) is 0 Å². The molecule has 0 spiro atoms. The van der Waals surface area contributed by atoms with Crippen LogP contribution in [-0.4, -0.2) is 29.6 Å². The summed E-state index contributed by atoms with van der Waals surface area (Å²) in [7, 11) is 1.91. The van der Waals surface area contributed by atoms with Crippen LogP contribution in [0.2, 0.25) is 5.02 Å². The summed E-state index contributed by atoms with van der Waals surface area (Å²) in [4.78, 5) is 7.80. The van der Waals surface area contributed by atoms with Gasteiger partial charge in [0.25, 0.3) is 0 Å². The third-order valence-corrected chi connectivity index (χ3v) is 2.01. The Labute approximate surface area is 82.7 Å². The van der Waals surface area contributed by atoms with Gasteiger partial charge in [-0.05, 0) is 14.0 Å². The number of likely N-dealkylation sites (N-methyl/N-ethyl adjacent to an activating group) is 1. The van der Waals surface area contributed by atoms with E-state index in [0.717, 1.165) is 6.54 Å². The topological polar surface area (TPSA) is 49.8 Å². The molecule has 1 atom stereocenters. The molecule has 0 bridgehead atoms. The molecule has 0 saturated heterocycles. The fraction of sp³-hybridized carbons (Fsp3) is 0.500. The number of hydrogen-bond donors (Lipinski definition) is 2. The zero-order valence-corrected chi connectivity index (χ0v) is 8.47. The number of anilines is 1. The monoisotopic (exact) mass is 200 g/mol. The minimum atomic E-state index is 0.381. The van der Waals surface area contributed by atoms with E-state index in [1.807, 2.05) is 7.05 Å². The van der Waals surface area contributed by atoms with Gasteiger partial charge in [-0.15, -0.1) is 0 Å². The van der Waals surface area contributed by atoms with E-state index in [4.69, 9.17) is 11.6 Å². The fourth-order valence-electron chi connectivity index (χ4n) is 0.795. The predicted molar refractivity (Wildman–Crippen MR) is 54.1 cm³/mol. The van der Waals surface area contributed by atoms with Crippen LogP contribution in [0.25, 0.3) is 0 Å². The molecule has 1 aromatic rings. The third kappa shape index (κ3) is 3.16. The second-order valence-corrected chi connectivity index (χ2v) is 3.20. The van der Waals surface area contributed by atoms with Crippen LogP contribution in [0.3, 0.4) is 0 Å². The number of hydrogen-bond acceptors (Lipinski definition) is 4. The Hall–Kier alpha value is -0.870. The van der Waals surface area contributed by atoms with Gasteiger partial charge in [-0.25, -0.2) is 9.97 Å². The smallest absolute Gasteiger partial charge is 0.148 e. The Morgan fingerprint density at radius 2 is 2.38 bits per heavy atom.